The summed E-state index contributed by atoms with van der Waals surface area (Å²) >= 11 is 0. The average Bonchev–Trinajstić information content (AvgIpc) is 1.71. The van der Waals surface area contributed by atoms with Crippen LogP contribution in [0.25, 0.3) is 0 Å². The van der Waals surface area contributed by atoms with Gasteiger partial charge in [-0.2, -0.15) is 0 Å². The summed E-state index contributed by atoms with van der Waals surface area (Å²) in [5.74, 6) is -3.03. The lowest BCUT2D eigenvalue weighted by Crippen LogP contribution is -2.71. The van der Waals surface area contributed by atoms with Crippen LogP contribution >= 0.6 is 0 Å². The maximum atomic E-state index is 15.5. The van der Waals surface area contributed by atoms with Crippen molar-refractivity contribution in [2.24, 2.45) is 0 Å². The zero-order valence-electron chi connectivity index (χ0n) is 51.7. The number of methoxy groups -OCH3 is 1. The topological polar surface area (TPSA) is 210 Å². The molecule has 486 valence electrons. The third kappa shape index (κ3) is 15.9. The number of hydrogen-bond acceptors (Lipinski definition) is 19. The van der Waals surface area contributed by atoms with Gasteiger partial charge in [0.25, 0.3) is 11.8 Å². The zero-order chi connectivity index (χ0) is 64.0. The highest BCUT2D eigenvalue weighted by Crippen LogP contribution is 2.43. The number of imide groups is 1. The molecular weight excluding hydrogens is 1190 g/mol. The van der Waals surface area contributed by atoms with Crippen molar-refractivity contribution < 1.29 is 90.2 Å². The number of esters is 2. The van der Waals surface area contributed by atoms with Crippen molar-refractivity contribution in [1.29, 1.82) is 0 Å². The molecule has 2 amide bonds. The number of nitrogens with zero attached hydrogens (tertiary/aromatic N) is 1. The van der Waals surface area contributed by atoms with Crippen LogP contribution in [0.2, 0.25) is 0 Å². The summed E-state index contributed by atoms with van der Waals surface area (Å²) in [5, 5.41) is 0. The number of rotatable bonds is 26. The van der Waals surface area contributed by atoms with Gasteiger partial charge in [0.15, 0.2) is 31.3 Å². The molecule has 0 N–H and O–H groups in total. The summed E-state index contributed by atoms with van der Waals surface area (Å²) in [6.07, 6.45) is -18.6. The molecule has 0 aromatic heterocycles. The quantitative estimate of drug-likeness (QED) is 0.0365. The van der Waals surface area contributed by atoms with Crippen LogP contribution in [-0.2, 0) is 114 Å². The molecule has 0 saturated carbocycles. The van der Waals surface area contributed by atoms with Crippen molar-refractivity contribution >= 4 is 23.8 Å². The number of ether oxygens (including phenoxy) is 15. The third-order valence-electron chi connectivity index (χ3n) is 16.8. The third-order valence-corrected chi connectivity index (χ3v) is 16.8. The van der Waals surface area contributed by atoms with E-state index in [1.54, 1.807) is 12.1 Å². The van der Waals surface area contributed by atoms with Crippen LogP contribution in [0.1, 0.15) is 74.2 Å². The fourth-order valence-corrected chi connectivity index (χ4v) is 12.4. The molecule has 4 fully saturated rings. The van der Waals surface area contributed by atoms with Crippen LogP contribution in [0.15, 0.2) is 206 Å². The first-order valence-corrected chi connectivity index (χ1v) is 31.2. The Hall–Kier alpha value is -7.90. The summed E-state index contributed by atoms with van der Waals surface area (Å²) in [7, 11) is 1.44. The van der Waals surface area contributed by atoms with E-state index < -0.39 is 129 Å². The molecule has 0 radical (unpaired) electrons. The lowest BCUT2D eigenvalue weighted by atomic mass is 9.93. The molecule has 16 atom stereocenters. The van der Waals surface area contributed by atoms with Gasteiger partial charge in [0, 0.05) is 26.5 Å². The van der Waals surface area contributed by atoms with E-state index in [1.165, 1.54) is 33.1 Å². The van der Waals surface area contributed by atoms with Gasteiger partial charge in [0.1, 0.15) is 73.7 Å². The average molecular weight is 1270 g/mol. The van der Waals surface area contributed by atoms with Gasteiger partial charge in [-0.15, -0.1) is 0 Å². The summed E-state index contributed by atoms with van der Waals surface area (Å²) in [6, 6.07) is 62.0. The Balaban J connectivity index is 0.995. The number of amides is 2. The molecule has 7 aromatic rings. The molecular formula is C73H75NO19. The van der Waals surface area contributed by atoms with Gasteiger partial charge in [-0.05, 0) is 39.9 Å². The molecule has 20 nitrogen and oxygen atoms in total. The second kappa shape index (κ2) is 31.4. The second-order valence-corrected chi connectivity index (χ2v) is 23.2. The van der Waals surface area contributed by atoms with Crippen molar-refractivity contribution in [3.63, 3.8) is 0 Å². The summed E-state index contributed by atoms with van der Waals surface area (Å²) in [4.78, 5) is 58.8. The summed E-state index contributed by atoms with van der Waals surface area (Å²) in [6.45, 7) is 2.25. The van der Waals surface area contributed by atoms with E-state index >= 15 is 9.59 Å². The molecule has 0 aliphatic carbocycles. The Bertz CT molecular complexity index is 3490. The first kappa shape index (κ1) is 65.2. The van der Waals surface area contributed by atoms with Crippen LogP contribution in [0, 0.1) is 0 Å². The molecule has 5 aliphatic heterocycles. The normalized spacial score (nSPS) is 28.4. The minimum absolute atomic E-state index is 0.00480. The van der Waals surface area contributed by atoms with Gasteiger partial charge in [-0.1, -0.05) is 194 Å². The number of carbonyl (C=O) groups is 4. The number of hydrogen-bond donors (Lipinski definition) is 0. The van der Waals surface area contributed by atoms with Crippen molar-refractivity contribution in [2.75, 3.05) is 26.9 Å². The molecule has 5 heterocycles. The maximum absolute atomic E-state index is 15.5. The largest absolute Gasteiger partial charge is 0.463 e. The fourth-order valence-electron chi connectivity index (χ4n) is 12.4. The standard InChI is InChI=1S/C73H75NO19/c1-46(75)81-44-57-61(87-47(2)76)63(92-73-66(85-42-52-32-18-8-19-33-52)64(83-40-50-28-14-6-15-29-50)60(82-39-49-26-12-5-13-27-49)56(90-73)43-80-38-48-24-10-4-11-25-48)59(74-68(77)54-36-22-23-37-55(54)69(74)78)71(88-57)93-67-65(84-41-51-30-16-7-17-31-51)62-58(89-72(67)79-3)45-86-70(91-62)53-34-20-9-21-35-53/h4-37,56-67,70-73H,38-45H2,1-3H3/t56-,57-,58-,59-,60+,61-,62-,63-,64+,65+,66-,67+,70-,71+,72-,73-/m1/s1. The van der Waals surface area contributed by atoms with E-state index in [-0.39, 0.29) is 57.4 Å². The van der Waals surface area contributed by atoms with Crippen molar-refractivity contribution in [1.82, 2.24) is 4.90 Å². The highest BCUT2D eigenvalue weighted by molar-refractivity contribution is 6.21. The van der Waals surface area contributed by atoms with E-state index in [0.717, 1.165) is 38.3 Å². The highest BCUT2D eigenvalue weighted by Gasteiger charge is 2.61. The lowest BCUT2D eigenvalue weighted by molar-refractivity contribution is -0.398. The van der Waals surface area contributed by atoms with Crippen LogP contribution in [0.4, 0.5) is 0 Å². The van der Waals surface area contributed by atoms with Gasteiger partial charge in [0.05, 0.1) is 57.4 Å². The Kier molecular flexibility index (Phi) is 22.0. The lowest BCUT2D eigenvalue weighted by Gasteiger charge is -2.53. The predicted molar refractivity (Wildman–Crippen MR) is 332 cm³/mol. The minimum atomic E-state index is -1.79. The zero-order valence-corrected chi connectivity index (χ0v) is 51.7. The SMILES string of the molecule is CO[C@@H]1O[C@@H]2CO[C@@H](c3ccccc3)O[C@H]2[C@H](OCc2ccccc2)[C@@H]1O[C@@H]1O[C@H](COC(C)=O)[C@@H](OC(C)=O)[C@H](O[C@H]2O[C@H](COCc3ccccc3)[C@H](OCc3ccccc3)[C@H](OCc3ccccc3)[C@H]2OCc2ccccc2)[C@H]1N1C(=O)c2ccccc2C1=O. The van der Waals surface area contributed by atoms with E-state index in [0.29, 0.717) is 0 Å². The second-order valence-electron chi connectivity index (χ2n) is 23.2. The first-order valence-electron chi connectivity index (χ1n) is 31.2. The molecule has 4 saturated heterocycles. The number of fused-ring (bicyclic) bond motifs is 2. The van der Waals surface area contributed by atoms with E-state index in [9.17, 15) is 9.59 Å². The Morgan fingerprint density at radius 1 is 0.441 bits per heavy atom. The first-order chi connectivity index (χ1) is 45.6. The Labute approximate surface area is 539 Å². The van der Waals surface area contributed by atoms with Gasteiger partial charge in [0.2, 0.25) is 0 Å². The van der Waals surface area contributed by atoms with E-state index in [2.05, 4.69) is 0 Å². The molecule has 0 spiro atoms. The number of benzene rings is 7. The van der Waals surface area contributed by atoms with Gasteiger partial charge in [-0.3, -0.25) is 24.1 Å². The van der Waals surface area contributed by atoms with Gasteiger partial charge >= 0.3 is 11.9 Å². The van der Waals surface area contributed by atoms with Crippen molar-refractivity contribution in [3.8, 4) is 0 Å². The Morgan fingerprint density at radius 3 is 1.41 bits per heavy atom. The van der Waals surface area contributed by atoms with Crippen molar-refractivity contribution in [2.45, 2.75) is 145 Å². The molecule has 5 aliphatic rings. The predicted octanol–water partition coefficient (Wildman–Crippen LogP) is 9.41. The summed E-state index contributed by atoms with van der Waals surface area (Å²) < 4.78 is 102. The van der Waals surface area contributed by atoms with E-state index in [1.807, 2.05) is 182 Å². The molecule has 20 heteroatoms. The minimum Gasteiger partial charge on any atom is -0.463 e. The van der Waals surface area contributed by atoms with E-state index in [4.69, 9.17) is 71.1 Å². The van der Waals surface area contributed by atoms with Gasteiger partial charge in [-0.25, -0.2) is 0 Å². The smallest absolute Gasteiger partial charge is 0.303 e. The highest BCUT2D eigenvalue weighted by atomic mass is 16.8. The van der Waals surface area contributed by atoms with Crippen LogP contribution in [0.3, 0.4) is 0 Å². The van der Waals surface area contributed by atoms with Crippen LogP contribution in [-0.4, -0.2) is 148 Å². The molecule has 7 aromatic carbocycles. The molecule has 0 bridgehead atoms. The molecule has 93 heavy (non-hydrogen) atoms. The summed E-state index contributed by atoms with van der Waals surface area (Å²) in [5.41, 5.74) is 5.06. The van der Waals surface area contributed by atoms with Crippen molar-refractivity contribution in [3.05, 3.63) is 251 Å². The van der Waals surface area contributed by atoms with Gasteiger partial charge < -0.3 is 71.1 Å². The van der Waals surface area contributed by atoms with Crippen LogP contribution < -0.4 is 0 Å². The molecule has 0 unspecified atom stereocenters. The molecule has 12 rings (SSSR count). The maximum Gasteiger partial charge on any atom is 0.303 e. The Morgan fingerprint density at radius 2 is 0.892 bits per heavy atom. The fraction of sp³-hybridized carbons (Fsp3) is 0.370. The number of carbonyl (C=O) groups excluding carboxylic acids is 4. The monoisotopic (exact) mass is 1270 g/mol. The van der Waals surface area contributed by atoms with Crippen LogP contribution in [0.5, 0.6) is 0 Å².